The van der Waals surface area contributed by atoms with E-state index in [0.29, 0.717) is 11.8 Å². The Kier molecular flexibility index (Phi) is 2.25. The fraction of sp³-hybridized carbons (Fsp3) is 0.167. The summed E-state index contributed by atoms with van der Waals surface area (Å²) in [6.07, 6.45) is 2.22. The van der Waals surface area contributed by atoms with Crippen LogP contribution < -0.4 is 0 Å². The third-order valence-corrected chi connectivity index (χ3v) is 2.42. The minimum absolute atomic E-state index is 0.536. The number of nitrogens with zero attached hydrogens (tertiary/aromatic N) is 1. The minimum Gasteiger partial charge on any atom is -0.378 e. The maximum absolute atomic E-state index is 10.8. The molecule has 0 aliphatic carbocycles. The number of aldehydes is 1. The number of aliphatic hydroxyl groups is 1. The number of benzene rings is 1. The summed E-state index contributed by atoms with van der Waals surface area (Å²) < 4.78 is 0. The molecular formula is C12H11NO2. The van der Waals surface area contributed by atoms with Gasteiger partial charge < -0.3 is 5.11 Å². The molecule has 0 aliphatic rings. The zero-order chi connectivity index (χ0) is 10.9. The molecule has 0 radical (unpaired) electrons. The van der Waals surface area contributed by atoms with E-state index in [-0.39, 0.29) is 0 Å². The van der Waals surface area contributed by atoms with Crippen molar-refractivity contribution in [3.8, 4) is 0 Å². The van der Waals surface area contributed by atoms with Gasteiger partial charge in [-0.1, -0.05) is 18.2 Å². The second kappa shape index (κ2) is 3.44. The van der Waals surface area contributed by atoms with Crippen molar-refractivity contribution >= 4 is 17.2 Å². The van der Waals surface area contributed by atoms with Gasteiger partial charge in [0, 0.05) is 11.6 Å². The molecule has 2 aromatic rings. The Hall–Kier alpha value is -1.74. The number of hydrogen-bond acceptors (Lipinski definition) is 3. The van der Waals surface area contributed by atoms with Crippen LogP contribution in [0.1, 0.15) is 12.5 Å². The zero-order valence-electron chi connectivity index (χ0n) is 8.34. The van der Waals surface area contributed by atoms with E-state index in [1.54, 1.807) is 24.4 Å². The molecule has 0 saturated carbocycles. The lowest BCUT2D eigenvalue weighted by molar-refractivity contribution is -0.123. The van der Waals surface area contributed by atoms with E-state index in [4.69, 9.17) is 0 Å². The van der Waals surface area contributed by atoms with Gasteiger partial charge in [-0.2, -0.15) is 0 Å². The molecule has 1 unspecified atom stereocenters. The quantitative estimate of drug-likeness (QED) is 0.751. The number of aromatic nitrogens is 1. The first-order chi connectivity index (χ1) is 7.15. The summed E-state index contributed by atoms with van der Waals surface area (Å²) in [6.45, 7) is 1.47. The number of carbonyl (C=O) groups is 1. The van der Waals surface area contributed by atoms with Crippen molar-refractivity contribution in [2.24, 2.45) is 0 Å². The van der Waals surface area contributed by atoms with Crippen molar-refractivity contribution in [1.29, 1.82) is 0 Å². The molecule has 3 heteroatoms. The van der Waals surface area contributed by atoms with Gasteiger partial charge in [-0.3, -0.25) is 9.78 Å². The van der Waals surface area contributed by atoms with Crippen molar-refractivity contribution < 1.29 is 9.90 Å². The molecule has 0 spiro atoms. The Bertz CT molecular complexity index is 500. The van der Waals surface area contributed by atoms with Crippen molar-refractivity contribution in [3.63, 3.8) is 0 Å². The molecule has 0 aliphatic heterocycles. The first-order valence-corrected chi connectivity index (χ1v) is 4.68. The van der Waals surface area contributed by atoms with E-state index >= 15 is 0 Å². The van der Waals surface area contributed by atoms with Crippen LogP contribution in [0.4, 0.5) is 0 Å². The Morgan fingerprint density at radius 3 is 2.87 bits per heavy atom. The van der Waals surface area contributed by atoms with Crippen molar-refractivity contribution in [2.75, 3.05) is 0 Å². The van der Waals surface area contributed by atoms with Gasteiger partial charge in [-0.15, -0.1) is 0 Å². The Morgan fingerprint density at radius 2 is 2.13 bits per heavy atom. The molecule has 1 atom stereocenters. The first kappa shape index (κ1) is 9.80. The van der Waals surface area contributed by atoms with Crippen LogP contribution in [0, 0.1) is 0 Å². The second-order valence-electron chi connectivity index (χ2n) is 3.64. The maximum atomic E-state index is 10.8. The summed E-state index contributed by atoms with van der Waals surface area (Å²) in [5, 5.41) is 10.7. The molecule has 1 aromatic heterocycles. The van der Waals surface area contributed by atoms with E-state index in [1.165, 1.54) is 6.92 Å². The fourth-order valence-corrected chi connectivity index (χ4v) is 1.61. The molecule has 0 saturated heterocycles. The van der Waals surface area contributed by atoms with Crippen molar-refractivity contribution in [3.05, 3.63) is 42.1 Å². The third kappa shape index (κ3) is 1.62. The highest BCUT2D eigenvalue weighted by molar-refractivity contribution is 5.86. The number of pyridine rings is 1. The van der Waals surface area contributed by atoms with E-state index in [2.05, 4.69) is 4.98 Å². The molecule has 0 bridgehead atoms. The lowest BCUT2D eigenvalue weighted by Crippen LogP contribution is -2.23. The Labute approximate surface area is 87.4 Å². The minimum atomic E-state index is -1.46. The molecule has 1 N–H and O–H groups in total. The van der Waals surface area contributed by atoms with Crippen LogP contribution in [0.5, 0.6) is 0 Å². The normalized spacial score (nSPS) is 14.8. The average Bonchev–Trinajstić information content (AvgIpc) is 2.28. The maximum Gasteiger partial charge on any atom is 0.155 e. The highest BCUT2D eigenvalue weighted by Crippen LogP contribution is 2.25. The lowest BCUT2D eigenvalue weighted by atomic mass is 9.94. The highest BCUT2D eigenvalue weighted by atomic mass is 16.3. The summed E-state index contributed by atoms with van der Waals surface area (Å²) >= 11 is 0. The van der Waals surface area contributed by atoms with Crippen LogP contribution in [-0.2, 0) is 10.4 Å². The molecular weight excluding hydrogens is 190 g/mol. The predicted molar refractivity (Wildman–Crippen MR) is 57.4 cm³/mol. The summed E-state index contributed by atoms with van der Waals surface area (Å²) in [7, 11) is 0. The SMILES string of the molecule is CC(O)(C=O)c1cccc2ncccc12. The van der Waals surface area contributed by atoms with Crippen LogP contribution in [0.15, 0.2) is 36.5 Å². The van der Waals surface area contributed by atoms with Gasteiger partial charge in [0.15, 0.2) is 6.29 Å². The van der Waals surface area contributed by atoms with Gasteiger partial charge in [0.05, 0.1) is 5.52 Å². The Morgan fingerprint density at radius 1 is 1.33 bits per heavy atom. The molecule has 0 amide bonds. The van der Waals surface area contributed by atoms with Gasteiger partial charge in [-0.05, 0) is 24.6 Å². The molecule has 76 valence electrons. The van der Waals surface area contributed by atoms with Crippen LogP contribution in [0.25, 0.3) is 10.9 Å². The zero-order valence-corrected chi connectivity index (χ0v) is 8.34. The summed E-state index contributed by atoms with van der Waals surface area (Å²) in [5.41, 5.74) is -0.0945. The number of hydrogen-bond donors (Lipinski definition) is 1. The van der Waals surface area contributed by atoms with Gasteiger partial charge in [0.2, 0.25) is 0 Å². The molecule has 3 nitrogen and oxygen atoms in total. The van der Waals surface area contributed by atoms with Gasteiger partial charge in [0.25, 0.3) is 0 Å². The van der Waals surface area contributed by atoms with Gasteiger partial charge >= 0.3 is 0 Å². The smallest absolute Gasteiger partial charge is 0.155 e. The monoisotopic (exact) mass is 201 g/mol. The molecule has 1 aromatic carbocycles. The van der Waals surface area contributed by atoms with E-state index in [9.17, 15) is 9.90 Å². The van der Waals surface area contributed by atoms with E-state index < -0.39 is 5.60 Å². The molecule has 15 heavy (non-hydrogen) atoms. The van der Waals surface area contributed by atoms with Crippen LogP contribution in [0.2, 0.25) is 0 Å². The standard InChI is InChI=1S/C12H11NO2/c1-12(15,8-14)10-5-2-6-11-9(10)4-3-7-13-11/h2-8,15H,1H3. The number of carbonyl (C=O) groups excluding carboxylic acids is 1. The summed E-state index contributed by atoms with van der Waals surface area (Å²) in [5.74, 6) is 0. The van der Waals surface area contributed by atoms with Crippen LogP contribution in [0.3, 0.4) is 0 Å². The number of fused-ring (bicyclic) bond motifs is 1. The topological polar surface area (TPSA) is 50.2 Å². The van der Waals surface area contributed by atoms with Gasteiger partial charge in [0.1, 0.15) is 5.60 Å². The second-order valence-corrected chi connectivity index (χ2v) is 3.64. The molecule has 1 heterocycles. The summed E-state index contributed by atoms with van der Waals surface area (Å²) in [6, 6.07) is 8.99. The summed E-state index contributed by atoms with van der Waals surface area (Å²) in [4.78, 5) is 15.0. The van der Waals surface area contributed by atoms with Crippen LogP contribution >= 0.6 is 0 Å². The Balaban J connectivity index is 2.76. The highest BCUT2D eigenvalue weighted by Gasteiger charge is 2.23. The number of rotatable bonds is 2. The van der Waals surface area contributed by atoms with E-state index in [1.807, 2.05) is 12.1 Å². The third-order valence-electron chi connectivity index (χ3n) is 2.42. The van der Waals surface area contributed by atoms with Crippen LogP contribution in [-0.4, -0.2) is 16.4 Å². The molecule has 0 fully saturated rings. The molecule has 2 rings (SSSR count). The fourth-order valence-electron chi connectivity index (χ4n) is 1.61. The van der Waals surface area contributed by atoms with Crippen molar-refractivity contribution in [2.45, 2.75) is 12.5 Å². The average molecular weight is 201 g/mol. The van der Waals surface area contributed by atoms with E-state index in [0.717, 1.165) is 10.9 Å². The first-order valence-electron chi connectivity index (χ1n) is 4.68. The lowest BCUT2D eigenvalue weighted by Gasteiger charge is -2.17. The largest absolute Gasteiger partial charge is 0.378 e. The predicted octanol–water partition coefficient (Wildman–Crippen LogP) is 1.64. The van der Waals surface area contributed by atoms with Gasteiger partial charge in [-0.25, -0.2) is 0 Å². The van der Waals surface area contributed by atoms with Crippen molar-refractivity contribution in [1.82, 2.24) is 4.98 Å².